The highest BCUT2D eigenvalue weighted by Crippen LogP contribution is 2.40. The first-order valence-corrected chi connectivity index (χ1v) is 11.8. The molecule has 0 bridgehead atoms. The first-order valence-electron chi connectivity index (χ1n) is 11.8. The Kier molecular flexibility index (Phi) is 7.44. The number of primary amides is 1. The molecule has 3 N–H and O–H groups in total. The Morgan fingerprint density at radius 3 is 2.40 bits per heavy atom. The summed E-state index contributed by atoms with van der Waals surface area (Å²) in [4.78, 5) is 23.2. The van der Waals surface area contributed by atoms with Crippen molar-refractivity contribution in [1.29, 1.82) is 0 Å². The van der Waals surface area contributed by atoms with Gasteiger partial charge in [0.15, 0.2) is 11.6 Å². The van der Waals surface area contributed by atoms with Crippen LogP contribution in [0.1, 0.15) is 49.8 Å². The van der Waals surface area contributed by atoms with Crippen LogP contribution in [-0.4, -0.2) is 53.0 Å². The molecule has 2 aliphatic rings. The lowest BCUT2D eigenvalue weighted by Crippen LogP contribution is -2.40. The van der Waals surface area contributed by atoms with Crippen molar-refractivity contribution in [3.8, 4) is 0 Å². The molecule has 1 amide bonds. The van der Waals surface area contributed by atoms with E-state index in [2.05, 4.69) is 15.3 Å². The molecule has 1 aliphatic carbocycles. The molecule has 2 heterocycles. The van der Waals surface area contributed by atoms with Crippen molar-refractivity contribution in [2.45, 2.75) is 50.9 Å². The maximum absolute atomic E-state index is 15.5. The van der Waals surface area contributed by atoms with E-state index in [1.54, 1.807) is 0 Å². The Labute approximate surface area is 201 Å². The number of carbonyl (C=O) groups excluding carboxylic acids is 1. The number of likely N-dealkylation sites (tertiary alicyclic amines) is 1. The molecule has 11 heteroatoms. The number of nitrogens with zero attached hydrogens (tertiary/aromatic N) is 4. The second-order valence-electron chi connectivity index (χ2n) is 9.36. The average molecular weight is 495 g/mol. The molecule has 1 saturated carbocycles. The Morgan fingerprint density at radius 2 is 1.83 bits per heavy atom. The van der Waals surface area contributed by atoms with Gasteiger partial charge >= 0.3 is 6.18 Å². The number of piperidine rings is 1. The number of benzene rings is 1. The number of hydrogen-bond acceptors (Lipinski definition) is 6. The third-order valence-electron chi connectivity index (χ3n) is 6.74. The summed E-state index contributed by atoms with van der Waals surface area (Å²) in [5.41, 5.74) is 5.19. The number of carbonyl (C=O) groups is 1. The van der Waals surface area contributed by atoms with Gasteiger partial charge in [-0.15, -0.1) is 0 Å². The fourth-order valence-corrected chi connectivity index (χ4v) is 4.61. The molecular formula is C24H30F4N6O. The van der Waals surface area contributed by atoms with Gasteiger partial charge in [-0.2, -0.15) is 17.6 Å². The minimum Gasteiger partial charge on any atom is -0.369 e. The van der Waals surface area contributed by atoms with Gasteiger partial charge < -0.3 is 16.0 Å². The molecule has 1 aromatic carbocycles. The van der Waals surface area contributed by atoms with Crippen molar-refractivity contribution in [1.82, 2.24) is 14.9 Å². The maximum atomic E-state index is 15.5. The van der Waals surface area contributed by atoms with Crippen LogP contribution < -0.4 is 16.0 Å². The van der Waals surface area contributed by atoms with Gasteiger partial charge in [0.2, 0.25) is 11.7 Å². The summed E-state index contributed by atoms with van der Waals surface area (Å²) < 4.78 is 54.4. The Hall–Kier alpha value is -2.95. The van der Waals surface area contributed by atoms with Crippen LogP contribution in [0.15, 0.2) is 30.6 Å². The van der Waals surface area contributed by atoms with E-state index in [4.69, 9.17) is 5.73 Å². The van der Waals surface area contributed by atoms with Crippen molar-refractivity contribution in [2.24, 2.45) is 11.7 Å². The van der Waals surface area contributed by atoms with E-state index in [0.29, 0.717) is 18.0 Å². The number of halogens is 4. The van der Waals surface area contributed by atoms with Crippen LogP contribution in [0.4, 0.5) is 29.2 Å². The largest absolute Gasteiger partial charge is 0.416 e. The van der Waals surface area contributed by atoms with E-state index in [-0.39, 0.29) is 36.2 Å². The third kappa shape index (κ3) is 6.19. The van der Waals surface area contributed by atoms with Crippen LogP contribution in [0.3, 0.4) is 0 Å². The predicted octanol–water partition coefficient (Wildman–Crippen LogP) is 3.97. The Morgan fingerprint density at radius 1 is 1.17 bits per heavy atom. The van der Waals surface area contributed by atoms with Gasteiger partial charge in [0, 0.05) is 12.6 Å². The normalized spacial score (nSPS) is 18.3. The molecule has 1 saturated heterocycles. The molecular weight excluding hydrogens is 464 g/mol. The topological polar surface area (TPSA) is 87.4 Å². The quantitative estimate of drug-likeness (QED) is 0.513. The van der Waals surface area contributed by atoms with E-state index in [1.807, 2.05) is 16.7 Å². The monoisotopic (exact) mass is 494 g/mol. The minimum absolute atomic E-state index is 0.0686. The number of alkyl halides is 3. The molecule has 1 aromatic heterocycles. The smallest absolute Gasteiger partial charge is 0.369 e. The number of anilines is 2. The second kappa shape index (κ2) is 10.3. The molecule has 1 atom stereocenters. The van der Waals surface area contributed by atoms with E-state index in [0.717, 1.165) is 50.9 Å². The molecule has 7 nitrogen and oxygen atoms in total. The van der Waals surface area contributed by atoms with E-state index < -0.39 is 17.6 Å². The molecule has 1 unspecified atom stereocenters. The molecule has 35 heavy (non-hydrogen) atoms. The van der Waals surface area contributed by atoms with E-state index in [1.165, 1.54) is 18.5 Å². The molecule has 4 rings (SSSR count). The number of amides is 1. The summed E-state index contributed by atoms with van der Waals surface area (Å²) in [6.45, 7) is 4.14. The highest BCUT2D eigenvalue weighted by Gasteiger charge is 2.37. The van der Waals surface area contributed by atoms with Crippen LogP contribution in [0.5, 0.6) is 0 Å². The number of nitrogens with two attached hydrogens (primary N) is 1. The molecule has 2 aromatic rings. The van der Waals surface area contributed by atoms with Crippen LogP contribution >= 0.6 is 0 Å². The molecule has 1 aliphatic heterocycles. The summed E-state index contributed by atoms with van der Waals surface area (Å²) in [6, 6.07) is 4.68. The van der Waals surface area contributed by atoms with Crippen molar-refractivity contribution in [3.63, 3.8) is 0 Å². The molecule has 190 valence electrons. The van der Waals surface area contributed by atoms with Crippen molar-refractivity contribution < 1.29 is 22.4 Å². The van der Waals surface area contributed by atoms with Crippen LogP contribution in [0, 0.1) is 11.7 Å². The number of aromatic nitrogens is 2. The van der Waals surface area contributed by atoms with Gasteiger partial charge in [-0.25, -0.2) is 9.97 Å². The van der Waals surface area contributed by atoms with E-state index >= 15 is 4.39 Å². The lowest BCUT2D eigenvalue weighted by Gasteiger charge is -2.32. The van der Waals surface area contributed by atoms with Crippen LogP contribution in [0.2, 0.25) is 0 Å². The summed E-state index contributed by atoms with van der Waals surface area (Å²) in [5.74, 6) is -0.344. The molecule has 0 spiro atoms. The number of nitrogens with one attached hydrogen (secondary N) is 1. The molecule has 0 radical (unpaired) electrons. The summed E-state index contributed by atoms with van der Waals surface area (Å²) >= 11 is 0. The maximum Gasteiger partial charge on any atom is 0.416 e. The number of hydrogen-bond donors (Lipinski definition) is 2. The lowest BCUT2D eigenvalue weighted by atomic mass is 9.97. The van der Waals surface area contributed by atoms with Gasteiger partial charge in [-0.3, -0.25) is 9.69 Å². The standard InChI is InChI=1S/C24H30F4N6O/c1-15(17-2-4-18(5-3-17)24(26,27)28)34(19-6-7-19)23-21(25)22(31-14-32-23)30-12-16-8-10-33(11-9-16)13-20(29)35/h2-5,14-16,19H,6-13H2,1H3,(H2,29,35)(H,30,31,32). The molecule has 2 fully saturated rings. The first-order chi connectivity index (χ1) is 16.6. The zero-order valence-electron chi connectivity index (χ0n) is 19.6. The van der Waals surface area contributed by atoms with Gasteiger partial charge in [0.25, 0.3) is 0 Å². The third-order valence-corrected chi connectivity index (χ3v) is 6.74. The van der Waals surface area contributed by atoms with Crippen molar-refractivity contribution in [3.05, 3.63) is 47.5 Å². The Balaban J connectivity index is 1.44. The fourth-order valence-electron chi connectivity index (χ4n) is 4.61. The van der Waals surface area contributed by atoms with Crippen molar-refractivity contribution in [2.75, 3.05) is 36.4 Å². The first kappa shape index (κ1) is 25.2. The highest BCUT2D eigenvalue weighted by atomic mass is 19.4. The van der Waals surface area contributed by atoms with E-state index in [9.17, 15) is 18.0 Å². The van der Waals surface area contributed by atoms with Crippen molar-refractivity contribution >= 4 is 17.5 Å². The van der Waals surface area contributed by atoms with Crippen LogP contribution in [-0.2, 0) is 11.0 Å². The SMILES string of the molecule is CC(c1ccc(C(F)(F)F)cc1)N(c1ncnc(NCC2CCN(CC(N)=O)CC2)c1F)C1CC1. The fraction of sp³-hybridized carbons (Fsp3) is 0.542. The second-order valence-corrected chi connectivity index (χ2v) is 9.36. The predicted molar refractivity (Wildman–Crippen MR) is 124 cm³/mol. The van der Waals surface area contributed by atoms with Gasteiger partial charge in [-0.05, 0) is 69.3 Å². The van der Waals surface area contributed by atoms with Gasteiger partial charge in [-0.1, -0.05) is 12.1 Å². The van der Waals surface area contributed by atoms with Crippen LogP contribution in [0.25, 0.3) is 0 Å². The highest BCUT2D eigenvalue weighted by molar-refractivity contribution is 5.75. The summed E-state index contributed by atoms with van der Waals surface area (Å²) in [6.07, 6.45) is 0.348. The lowest BCUT2D eigenvalue weighted by molar-refractivity contribution is -0.137. The zero-order chi connectivity index (χ0) is 25.2. The Bertz CT molecular complexity index is 1020. The average Bonchev–Trinajstić information content (AvgIpc) is 3.65. The zero-order valence-corrected chi connectivity index (χ0v) is 19.6. The van der Waals surface area contributed by atoms with Gasteiger partial charge in [0.05, 0.1) is 18.2 Å². The summed E-state index contributed by atoms with van der Waals surface area (Å²) in [5, 5.41) is 3.11. The minimum atomic E-state index is -4.41. The van der Waals surface area contributed by atoms with Gasteiger partial charge in [0.1, 0.15) is 6.33 Å². The number of rotatable bonds is 9. The summed E-state index contributed by atoms with van der Waals surface area (Å²) in [7, 11) is 0.